The highest BCUT2D eigenvalue weighted by atomic mass is 32.1. The molecule has 6 nitrogen and oxygen atoms in total. The molecule has 5 rings (SSSR count). The number of hydrogen-bond donors (Lipinski definition) is 1. The van der Waals surface area contributed by atoms with E-state index in [1.807, 2.05) is 11.4 Å². The van der Waals surface area contributed by atoms with Gasteiger partial charge in [-0.05, 0) is 65.9 Å². The van der Waals surface area contributed by atoms with Crippen molar-refractivity contribution < 1.29 is 14.3 Å². The van der Waals surface area contributed by atoms with Crippen molar-refractivity contribution in [1.82, 2.24) is 5.01 Å². The lowest BCUT2D eigenvalue weighted by molar-refractivity contribution is -0.135. The number of amides is 2. The van der Waals surface area contributed by atoms with Gasteiger partial charge in [-0.1, -0.05) is 18.2 Å². The summed E-state index contributed by atoms with van der Waals surface area (Å²) in [7, 11) is 0. The summed E-state index contributed by atoms with van der Waals surface area (Å²) < 4.78 is 5.81. The first kappa shape index (κ1) is 22.6. The van der Waals surface area contributed by atoms with Crippen LogP contribution in [0.1, 0.15) is 42.0 Å². The van der Waals surface area contributed by atoms with E-state index in [2.05, 4.69) is 35.0 Å². The van der Waals surface area contributed by atoms with Gasteiger partial charge in [-0.15, -0.1) is 22.7 Å². The Kier molecular flexibility index (Phi) is 6.60. The molecule has 8 heteroatoms. The summed E-state index contributed by atoms with van der Waals surface area (Å²) in [6.45, 7) is 1.33. The Bertz CT molecular complexity index is 1230. The van der Waals surface area contributed by atoms with Crippen LogP contribution in [0.25, 0.3) is 6.08 Å². The first-order valence-electron chi connectivity index (χ1n) is 11.3. The Morgan fingerprint density at radius 3 is 2.79 bits per heavy atom. The van der Waals surface area contributed by atoms with Crippen LogP contribution in [0.4, 0.5) is 5.69 Å². The Balaban J connectivity index is 1.39. The number of ether oxygens (including phenoxy) is 1. The lowest BCUT2D eigenvalue weighted by Crippen LogP contribution is -2.34. The molecule has 2 atom stereocenters. The van der Waals surface area contributed by atoms with Crippen LogP contribution in [0.5, 0.6) is 5.75 Å². The number of hydrogen-bond acceptors (Lipinski definition) is 6. The van der Waals surface area contributed by atoms with Crippen LogP contribution in [0.2, 0.25) is 0 Å². The number of thiophene rings is 2. The lowest BCUT2D eigenvalue weighted by atomic mass is 9.79. The second-order valence-corrected chi connectivity index (χ2v) is 10.3. The molecule has 2 amide bonds. The molecule has 2 aromatic heterocycles. The van der Waals surface area contributed by atoms with E-state index < -0.39 is 0 Å². The molecule has 1 aliphatic heterocycles. The molecule has 174 valence electrons. The minimum Gasteiger partial charge on any atom is -0.484 e. The van der Waals surface area contributed by atoms with Crippen molar-refractivity contribution in [2.75, 3.05) is 11.9 Å². The number of nitrogens with one attached hydrogen (secondary N) is 1. The molecule has 1 N–H and O–H groups in total. The third kappa shape index (κ3) is 4.83. The number of benzene rings is 1. The van der Waals surface area contributed by atoms with Crippen LogP contribution in [-0.4, -0.2) is 29.1 Å². The van der Waals surface area contributed by atoms with Crippen molar-refractivity contribution in [1.29, 1.82) is 0 Å². The zero-order chi connectivity index (χ0) is 23.5. The van der Waals surface area contributed by atoms with Gasteiger partial charge in [0.15, 0.2) is 6.61 Å². The largest absolute Gasteiger partial charge is 0.484 e. The number of allylic oxidation sites excluding steroid dienone is 1. The highest BCUT2D eigenvalue weighted by Crippen LogP contribution is 2.45. The number of carbonyl (C=O) groups is 2. The van der Waals surface area contributed by atoms with Crippen molar-refractivity contribution in [2.45, 2.75) is 32.2 Å². The monoisotopic (exact) mass is 491 g/mol. The molecular formula is C26H25N3O3S2. The van der Waals surface area contributed by atoms with Gasteiger partial charge in [0, 0.05) is 34.3 Å². The summed E-state index contributed by atoms with van der Waals surface area (Å²) in [5.74, 6) is 0.370. The molecule has 0 radical (unpaired) electrons. The SMILES string of the molecule is CC(=O)Nc1cccc(OCC(=O)N2N=C3/C(=C/c4cccs4)CCCC3C2c2cccs2)c1. The fraction of sp³-hybridized carbons (Fsp3) is 0.269. The maximum atomic E-state index is 13.4. The zero-order valence-corrected chi connectivity index (χ0v) is 20.4. The van der Waals surface area contributed by atoms with Gasteiger partial charge in [-0.2, -0.15) is 5.10 Å². The molecule has 3 aromatic rings. The van der Waals surface area contributed by atoms with E-state index in [1.165, 1.54) is 17.4 Å². The molecule has 3 heterocycles. The van der Waals surface area contributed by atoms with E-state index in [4.69, 9.17) is 9.84 Å². The maximum absolute atomic E-state index is 13.4. The molecule has 1 aliphatic carbocycles. The average Bonchev–Trinajstić information content (AvgIpc) is 3.58. The van der Waals surface area contributed by atoms with E-state index in [9.17, 15) is 9.59 Å². The molecule has 1 fully saturated rings. The Hall–Kier alpha value is -3.23. The number of hydrazone groups is 1. The second kappa shape index (κ2) is 9.95. The standard InChI is InChI=1S/C26H25N3O3S2/c1-17(30)27-19-7-3-8-20(15-19)32-16-24(31)29-26(23-11-5-13-34-23)22-10-2-6-18(25(22)28-29)14-21-9-4-12-33-21/h3-5,7-9,11-15,22,26H,2,6,10,16H2,1H3,(H,27,30)/b18-14+. The van der Waals surface area contributed by atoms with Crippen LogP contribution in [0.15, 0.2) is 70.0 Å². The van der Waals surface area contributed by atoms with Crippen molar-refractivity contribution >= 4 is 52.0 Å². The number of anilines is 1. The smallest absolute Gasteiger partial charge is 0.281 e. The number of nitrogens with zero attached hydrogens (tertiary/aromatic N) is 2. The van der Waals surface area contributed by atoms with Crippen molar-refractivity contribution in [2.24, 2.45) is 11.0 Å². The van der Waals surface area contributed by atoms with Gasteiger partial charge in [0.1, 0.15) is 5.75 Å². The van der Waals surface area contributed by atoms with Gasteiger partial charge in [0.25, 0.3) is 5.91 Å². The van der Waals surface area contributed by atoms with Crippen LogP contribution >= 0.6 is 22.7 Å². The van der Waals surface area contributed by atoms with Gasteiger partial charge >= 0.3 is 0 Å². The average molecular weight is 492 g/mol. The quantitative estimate of drug-likeness (QED) is 0.462. The first-order chi connectivity index (χ1) is 16.6. The third-order valence-electron chi connectivity index (χ3n) is 5.97. The predicted molar refractivity (Wildman–Crippen MR) is 137 cm³/mol. The number of rotatable bonds is 6. The lowest BCUT2D eigenvalue weighted by Gasteiger charge is -2.28. The van der Waals surface area contributed by atoms with Crippen molar-refractivity contribution in [3.63, 3.8) is 0 Å². The summed E-state index contributed by atoms with van der Waals surface area (Å²) >= 11 is 3.37. The zero-order valence-electron chi connectivity index (χ0n) is 18.8. The first-order valence-corrected chi connectivity index (χ1v) is 13.0. The topological polar surface area (TPSA) is 71.0 Å². The van der Waals surface area contributed by atoms with Crippen LogP contribution in [0, 0.1) is 5.92 Å². The van der Waals surface area contributed by atoms with E-state index in [-0.39, 0.29) is 30.4 Å². The van der Waals surface area contributed by atoms with Crippen molar-refractivity contribution in [3.05, 3.63) is 74.6 Å². The Morgan fingerprint density at radius 1 is 1.18 bits per heavy atom. The number of carbonyl (C=O) groups excluding carboxylic acids is 2. The fourth-order valence-electron chi connectivity index (χ4n) is 4.57. The highest BCUT2D eigenvalue weighted by Gasteiger charge is 2.44. The Morgan fingerprint density at radius 2 is 2.03 bits per heavy atom. The normalized spacial score (nSPS) is 20.7. The van der Waals surface area contributed by atoms with Gasteiger partial charge in [0.05, 0.1) is 11.8 Å². The summed E-state index contributed by atoms with van der Waals surface area (Å²) in [6, 6.07) is 15.2. The van der Waals surface area contributed by atoms with Gasteiger partial charge in [-0.25, -0.2) is 5.01 Å². The molecule has 34 heavy (non-hydrogen) atoms. The number of fused-ring (bicyclic) bond motifs is 1. The highest BCUT2D eigenvalue weighted by molar-refractivity contribution is 7.11. The van der Waals surface area contributed by atoms with Gasteiger partial charge in [-0.3, -0.25) is 9.59 Å². The maximum Gasteiger partial charge on any atom is 0.281 e. The summed E-state index contributed by atoms with van der Waals surface area (Å²) in [6.07, 6.45) is 5.28. The summed E-state index contributed by atoms with van der Waals surface area (Å²) in [5, 5.41) is 13.4. The van der Waals surface area contributed by atoms with E-state index in [0.717, 1.165) is 29.9 Å². The van der Waals surface area contributed by atoms with E-state index >= 15 is 0 Å². The van der Waals surface area contributed by atoms with Crippen LogP contribution < -0.4 is 10.1 Å². The minimum absolute atomic E-state index is 0.108. The molecule has 0 saturated heterocycles. The van der Waals surface area contributed by atoms with E-state index in [1.54, 1.807) is 51.9 Å². The Labute approximate surface area is 206 Å². The summed E-state index contributed by atoms with van der Waals surface area (Å²) in [5.41, 5.74) is 2.88. The van der Waals surface area contributed by atoms with Gasteiger partial charge in [0.2, 0.25) is 5.91 Å². The molecule has 0 spiro atoms. The fourth-order valence-corrected chi connectivity index (χ4v) is 6.13. The molecule has 0 bridgehead atoms. The molecule has 2 unspecified atom stereocenters. The minimum atomic E-state index is -0.180. The van der Waals surface area contributed by atoms with Crippen LogP contribution in [0.3, 0.4) is 0 Å². The molecular weight excluding hydrogens is 466 g/mol. The molecule has 2 aliphatic rings. The van der Waals surface area contributed by atoms with Crippen molar-refractivity contribution in [3.8, 4) is 5.75 Å². The van der Waals surface area contributed by atoms with Crippen LogP contribution in [-0.2, 0) is 9.59 Å². The van der Waals surface area contributed by atoms with E-state index in [0.29, 0.717) is 11.4 Å². The van der Waals surface area contributed by atoms with Gasteiger partial charge < -0.3 is 10.1 Å². The molecule has 1 saturated carbocycles. The third-order valence-corrected chi connectivity index (χ3v) is 7.73. The molecule has 1 aromatic carbocycles. The summed E-state index contributed by atoms with van der Waals surface area (Å²) in [4.78, 5) is 27.0. The predicted octanol–water partition coefficient (Wildman–Crippen LogP) is 5.97. The second-order valence-electron chi connectivity index (χ2n) is 8.37.